The van der Waals surface area contributed by atoms with Crippen LogP contribution in [0.3, 0.4) is 0 Å². The molecule has 0 spiro atoms. The summed E-state index contributed by atoms with van der Waals surface area (Å²) in [5, 5.41) is 0. The average Bonchev–Trinajstić information content (AvgIpc) is 2.33. The molecule has 0 N–H and O–H groups in total. The lowest BCUT2D eigenvalue weighted by molar-refractivity contribution is 0.402. The molecule has 2 nitrogen and oxygen atoms in total. The second kappa shape index (κ2) is 5.59. The number of hydrogen-bond acceptors (Lipinski definition) is 2. The van der Waals surface area contributed by atoms with Crippen molar-refractivity contribution in [3.63, 3.8) is 0 Å². The fraction of sp³-hybridized carbons (Fsp3) is 0.214. The summed E-state index contributed by atoms with van der Waals surface area (Å²) < 4.78 is 14.1. The van der Waals surface area contributed by atoms with E-state index in [4.69, 9.17) is 0 Å². The van der Waals surface area contributed by atoms with E-state index in [0.717, 1.165) is 23.2 Å². The monoisotopic (exact) mass is 308 g/mol. The molecule has 0 saturated heterocycles. The van der Waals surface area contributed by atoms with Gasteiger partial charge in [-0.1, -0.05) is 6.07 Å². The Hall–Kier alpha value is -1.26. The maximum atomic E-state index is 13.6. The summed E-state index contributed by atoms with van der Waals surface area (Å²) >= 11 is 3.17. The highest BCUT2D eigenvalue weighted by Gasteiger charge is 2.08. The third-order valence-corrected chi connectivity index (χ3v) is 3.26. The van der Waals surface area contributed by atoms with Gasteiger partial charge in [0.2, 0.25) is 0 Å². The molecule has 4 heteroatoms. The Kier molecular flexibility index (Phi) is 4.09. The topological polar surface area (TPSA) is 16.1 Å². The van der Waals surface area contributed by atoms with E-state index in [-0.39, 0.29) is 5.82 Å². The van der Waals surface area contributed by atoms with E-state index < -0.39 is 0 Å². The first-order valence-electron chi connectivity index (χ1n) is 5.61. The average molecular weight is 309 g/mol. The molecule has 0 saturated carbocycles. The van der Waals surface area contributed by atoms with Crippen LogP contribution >= 0.6 is 15.9 Å². The smallest absolute Gasteiger partial charge is 0.137 e. The Bertz CT molecular complexity index is 555. The van der Waals surface area contributed by atoms with Crippen LogP contribution in [0.15, 0.2) is 41.1 Å². The van der Waals surface area contributed by atoms with Gasteiger partial charge in [0.15, 0.2) is 0 Å². The van der Waals surface area contributed by atoms with E-state index in [1.165, 1.54) is 0 Å². The third-order valence-electron chi connectivity index (χ3n) is 2.62. The second-order valence-corrected chi connectivity index (χ2v) is 5.25. The van der Waals surface area contributed by atoms with Crippen molar-refractivity contribution in [2.24, 2.45) is 0 Å². The van der Waals surface area contributed by atoms with E-state index in [1.807, 2.05) is 32.4 Å². The van der Waals surface area contributed by atoms with Crippen LogP contribution in [0.2, 0.25) is 0 Å². The molecule has 1 heterocycles. The largest absolute Gasteiger partial charge is 0.305 e. The Balaban J connectivity index is 2.46. The van der Waals surface area contributed by atoms with Crippen molar-refractivity contribution in [2.75, 3.05) is 14.1 Å². The van der Waals surface area contributed by atoms with E-state index in [2.05, 4.69) is 25.8 Å². The minimum absolute atomic E-state index is 0.250. The molecule has 2 aromatic rings. The summed E-state index contributed by atoms with van der Waals surface area (Å²) in [6, 6.07) is 7.09. The quantitative estimate of drug-likeness (QED) is 0.859. The zero-order valence-corrected chi connectivity index (χ0v) is 11.9. The summed E-state index contributed by atoms with van der Waals surface area (Å²) in [5.41, 5.74) is 2.98. The van der Waals surface area contributed by atoms with Gasteiger partial charge in [-0.2, -0.15) is 0 Å². The number of halogens is 2. The Morgan fingerprint density at radius 3 is 2.72 bits per heavy atom. The summed E-state index contributed by atoms with van der Waals surface area (Å²) in [4.78, 5) is 6.20. The van der Waals surface area contributed by atoms with Gasteiger partial charge >= 0.3 is 0 Å². The molecule has 0 aliphatic rings. The molecule has 94 valence electrons. The molecule has 0 bridgehead atoms. The highest BCUT2D eigenvalue weighted by atomic mass is 79.9. The number of benzene rings is 1. The lowest BCUT2D eigenvalue weighted by Gasteiger charge is -2.14. The fourth-order valence-electron chi connectivity index (χ4n) is 1.84. The van der Waals surface area contributed by atoms with Crippen LogP contribution < -0.4 is 0 Å². The Morgan fingerprint density at radius 1 is 1.28 bits per heavy atom. The van der Waals surface area contributed by atoms with Gasteiger partial charge in [-0.3, -0.25) is 4.98 Å². The lowest BCUT2D eigenvalue weighted by Crippen LogP contribution is -2.11. The Labute approximate surface area is 115 Å². The molecule has 2 rings (SSSR count). The maximum absolute atomic E-state index is 13.6. The van der Waals surface area contributed by atoms with Gasteiger partial charge in [0, 0.05) is 18.9 Å². The van der Waals surface area contributed by atoms with E-state index in [1.54, 1.807) is 18.3 Å². The summed E-state index contributed by atoms with van der Waals surface area (Å²) in [7, 11) is 4.00. The van der Waals surface area contributed by atoms with Gasteiger partial charge in [0.1, 0.15) is 5.82 Å². The molecule has 0 fully saturated rings. The van der Waals surface area contributed by atoms with Crippen molar-refractivity contribution in [1.82, 2.24) is 9.88 Å². The van der Waals surface area contributed by atoms with Gasteiger partial charge in [0.05, 0.1) is 4.47 Å². The number of rotatable bonds is 3. The molecule has 1 aromatic heterocycles. The number of aromatic nitrogens is 1. The van der Waals surface area contributed by atoms with Crippen LogP contribution in [0.1, 0.15) is 5.56 Å². The van der Waals surface area contributed by atoms with Crippen molar-refractivity contribution >= 4 is 15.9 Å². The third kappa shape index (κ3) is 2.94. The molecule has 0 unspecified atom stereocenters. The van der Waals surface area contributed by atoms with Gasteiger partial charge in [-0.25, -0.2) is 4.39 Å². The Morgan fingerprint density at radius 2 is 2.06 bits per heavy atom. The van der Waals surface area contributed by atoms with Gasteiger partial charge in [-0.05, 0) is 64.9 Å². The molecule has 0 radical (unpaired) electrons. The normalized spacial score (nSPS) is 10.9. The molecule has 0 amide bonds. The first-order chi connectivity index (χ1) is 8.58. The summed E-state index contributed by atoms with van der Waals surface area (Å²) in [6.45, 7) is 0.779. The van der Waals surface area contributed by atoms with Crippen molar-refractivity contribution in [3.8, 4) is 11.1 Å². The summed E-state index contributed by atoms with van der Waals surface area (Å²) in [5.74, 6) is -0.250. The molecule has 18 heavy (non-hydrogen) atoms. The van der Waals surface area contributed by atoms with Crippen molar-refractivity contribution in [1.29, 1.82) is 0 Å². The lowest BCUT2D eigenvalue weighted by atomic mass is 10.0. The number of pyridine rings is 1. The molecule has 1 aromatic carbocycles. The van der Waals surface area contributed by atoms with Crippen LogP contribution in [0.5, 0.6) is 0 Å². The zero-order valence-electron chi connectivity index (χ0n) is 10.3. The predicted octanol–water partition coefficient (Wildman–Crippen LogP) is 3.71. The van der Waals surface area contributed by atoms with Crippen LogP contribution in [-0.2, 0) is 6.54 Å². The SMILES string of the molecule is CN(C)Cc1cnccc1-c1ccc(Br)c(F)c1. The first-order valence-corrected chi connectivity index (χ1v) is 6.40. The van der Waals surface area contributed by atoms with Gasteiger partial charge in [-0.15, -0.1) is 0 Å². The minimum Gasteiger partial charge on any atom is -0.305 e. The van der Waals surface area contributed by atoms with Gasteiger partial charge < -0.3 is 4.90 Å². The highest BCUT2D eigenvalue weighted by molar-refractivity contribution is 9.10. The van der Waals surface area contributed by atoms with E-state index in [9.17, 15) is 4.39 Å². The minimum atomic E-state index is -0.250. The maximum Gasteiger partial charge on any atom is 0.137 e. The van der Waals surface area contributed by atoms with E-state index >= 15 is 0 Å². The first kappa shape index (κ1) is 13.2. The molecule has 0 atom stereocenters. The van der Waals surface area contributed by atoms with Crippen molar-refractivity contribution in [3.05, 3.63) is 52.5 Å². The van der Waals surface area contributed by atoms with Crippen LogP contribution in [0, 0.1) is 5.82 Å². The molecule has 0 aliphatic carbocycles. The zero-order chi connectivity index (χ0) is 13.1. The van der Waals surface area contributed by atoms with E-state index in [0.29, 0.717) is 4.47 Å². The molecular weight excluding hydrogens is 295 g/mol. The van der Waals surface area contributed by atoms with Crippen LogP contribution in [-0.4, -0.2) is 24.0 Å². The predicted molar refractivity (Wildman–Crippen MR) is 74.7 cm³/mol. The summed E-state index contributed by atoms with van der Waals surface area (Å²) in [6.07, 6.45) is 3.56. The fourth-order valence-corrected chi connectivity index (χ4v) is 2.09. The molecular formula is C14H14BrFN2. The number of nitrogens with zero attached hydrogens (tertiary/aromatic N) is 2. The van der Waals surface area contributed by atoms with Crippen molar-refractivity contribution in [2.45, 2.75) is 6.54 Å². The highest BCUT2D eigenvalue weighted by Crippen LogP contribution is 2.27. The second-order valence-electron chi connectivity index (χ2n) is 4.40. The van der Waals surface area contributed by atoms with Gasteiger partial charge in [0.25, 0.3) is 0 Å². The standard InChI is InChI=1S/C14H14BrFN2/c1-18(2)9-11-8-17-6-5-12(11)10-3-4-13(15)14(16)7-10/h3-8H,9H2,1-2H3. The van der Waals surface area contributed by atoms with Crippen molar-refractivity contribution < 1.29 is 4.39 Å². The van der Waals surface area contributed by atoms with Crippen LogP contribution in [0.4, 0.5) is 4.39 Å². The molecule has 0 aliphatic heterocycles. The number of hydrogen-bond donors (Lipinski definition) is 0. The van der Waals surface area contributed by atoms with Crippen LogP contribution in [0.25, 0.3) is 11.1 Å².